The van der Waals surface area contributed by atoms with Crippen LogP contribution in [0.25, 0.3) is 0 Å². The van der Waals surface area contributed by atoms with E-state index in [1.165, 1.54) is 57.2 Å². The Hall–Kier alpha value is -0.930. The average Bonchev–Trinajstić information content (AvgIpc) is 3.29. The summed E-state index contributed by atoms with van der Waals surface area (Å²) in [4.78, 5) is 6.50. The van der Waals surface area contributed by atoms with Crippen LogP contribution >= 0.6 is 0 Å². The molecule has 0 aromatic carbocycles. The fourth-order valence-electron chi connectivity index (χ4n) is 2.44. The van der Waals surface area contributed by atoms with Gasteiger partial charge in [0.15, 0.2) is 0 Å². The van der Waals surface area contributed by atoms with E-state index in [1.54, 1.807) is 0 Å². The molecule has 112 valence electrons. The van der Waals surface area contributed by atoms with Crippen LogP contribution in [0.1, 0.15) is 44.1 Å². The molecular formula is C17H29N3. The summed E-state index contributed by atoms with van der Waals surface area (Å²) >= 11 is 0. The van der Waals surface area contributed by atoms with Crippen LogP contribution in [0, 0.1) is 0 Å². The molecule has 0 atom stereocenters. The van der Waals surface area contributed by atoms with Crippen molar-refractivity contribution >= 4 is 0 Å². The molecule has 1 aliphatic rings. The Morgan fingerprint density at radius 1 is 1.10 bits per heavy atom. The molecule has 0 radical (unpaired) electrons. The zero-order valence-corrected chi connectivity index (χ0v) is 12.9. The van der Waals surface area contributed by atoms with Crippen molar-refractivity contribution in [3.8, 4) is 0 Å². The van der Waals surface area contributed by atoms with Gasteiger partial charge < -0.3 is 10.2 Å². The molecule has 0 bridgehead atoms. The second-order valence-electron chi connectivity index (χ2n) is 6.05. The summed E-state index contributed by atoms with van der Waals surface area (Å²) in [5, 5.41) is 3.58. The first-order valence-corrected chi connectivity index (χ1v) is 8.15. The Kier molecular flexibility index (Phi) is 7.02. The van der Waals surface area contributed by atoms with Gasteiger partial charge in [-0.25, -0.2) is 0 Å². The van der Waals surface area contributed by atoms with Crippen molar-refractivity contribution < 1.29 is 0 Å². The highest BCUT2D eigenvalue weighted by molar-refractivity contribution is 5.09. The normalized spacial score (nSPS) is 14.9. The van der Waals surface area contributed by atoms with Crippen LogP contribution < -0.4 is 5.32 Å². The SMILES string of the molecule is CN(CCCCCCNC1CC1)CCc1ccncc1. The highest BCUT2D eigenvalue weighted by Crippen LogP contribution is 2.18. The van der Waals surface area contributed by atoms with E-state index in [1.807, 2.05) is 12.4 Å². The first-order valence-electron chi connectivity index (χ1n) is 8.15. The van der Waals surface area contributed by atoms with Crippen LogP contribution in [0.3, 0.4) is 0 Å². The molecule has 1 N–H and O–H groups in total. The van der Waals surface area contributed by atoms with E-state index < -0.39 is 0 Å². The van der Waals surface area contributed by atoms with Gasteiger partial charge in [0.1, 0.15) is 0 Å². The van der Waals surface area contributed by atoms with Crippen molar-refractivity contribution in [2.24, 2.45) is 0 Å². The molecule has 1 heterocycles. The number of hydrogen-bond donors (Lipinski definition) is 1. The summed E-state index contributed by atoms with van der Waals surface area (Å²) in [6.45, 7) is 3.59. The monoisotopic (exact) mass is 275 g/mol. The molecule has 0 aliphatic heterocycles. The summed E-state index contributed by atoms with van der Waals surface area (Å²) in [5.74, 6) is 0. The maximum absolute atomic E-state index is 4.05. The molecule has 1 saturated carbocycles. The van der Waals surface area contributed by atoms with Gasteiger partial charge in [0.25, 0.3) is 0 Å². The Morgan fingerprint density at radius 3 is 2.60 bits per heavy atom. The van der Waals surface area contributed by atoms with Crippen LogP contribution in [-0.2, 0) is 6.42 Å². The molecule has 1 aromatic heterocycles. The van der Waals surface area contributed by atoms with Crippen molar-refractivity contribution in [1.82, 2.24) is 15.2 Å². The fraction of sp³-hybridized carbons (Fsp3) is 0.706. The van der Waals surface area contributed by atoms with Gasteiger partial charge in [-0.15, -0.1) is 0 Å². The van der Waals surface area contributed by atoms with Crippen molar-refractivity contribution in [3.05, 3.63) is 30.1 Å². The molecule has 1 fully saturated rings. The van der Waals surface area contributed by atoms with Crippen LogP contribution in [-0.4, -0.2) is 42.6 Å². The topological polar surface area (TPSA) is 28.2 Å². The molecule has 3 nitrogen and oxygen atoms in total. The number of aromatic nitrogens is 1. The lowest BCUT2D eigenvalue weighted by molar-refractivity contribution is 0.327. The summed E-state index contributed by atoms with van der Waals surface area (Å²) in [6, 6.07) is 5.09. The summed E-state index contributed by atoms with van der Waals surface area (Å²) in [5.41, 5.74) is 1.39. The molecule has 0 saturated heterocycles. The van der Waals surface area contributed by atoms with Crippen molar-refractivity contribution in [1.29, 1.82) is 0 Å². The van der Waals surface area contributed by atoms with Gasteiger partial charge in [0, 0.05) is 25.0 Å². The first-order chi connectivity index (χ1) is 9.84. The summed E-state index contributed by atoms with van der Waals surface area (Å²) in [6.07, 6.45) is 13.1. The van der Waals surface area contributed by atoms with Gasteiger partial charge in [-0.1, -0.05) is 12.8 Å². The fourth-order valence-corrected chi connectivity index (χ4v) is 2.44. The van der Waals surface area contributed by atoms with Crippen molar-refractivity contribution in [3.63, 3.8) is 0 Å². The van der Waals surface area contributed by atoms with Crippen LogP contribution in [0.4, 0.5) is 0 Å². The van der Waals surface area contributed by atoms with Gasteiger partial charge in [0.2, 0.25) is 0 Å². The number of nitrogens with zero attached hydrogens (tertiary/aromatic N) is 2. The second kappa shape index (κ2) is 9.09. The Balaban J connectivity index is 1.40. The molecule has 0 spiro atoms. The minimum absolute atomic E-state index is 0.870. The zero-order valence-electron chi connectivity index (χ0n) is 12.9. The largest absolute Gasteiger partial charge is 0.314 e. The number of nitrogens with one attached hydrogen (secondary N) is 1. The minimum Gasteiger partial charge on any atom is -0.314 e. The van der Waals surface area contributed by atoms with E-state index in [2.05, 4.69) is 34.4 Å². The van der Waals surface area contributed by atoms with Gasteiger partial charge in [0.05, 0.1) is 0 Å². The third-order valence-electron chi connectivity index (χ3n) is 4.01. The predicted octanol–water partition coefficient (Wildman–Crippen LogP) is 2.87. The van der Waals surface area contributed by atoms with E-state index in [0.29, 0.717) is 0 Å². The third-order valence-corrected chi connectivity index (χ3v) is 4.01. The standard InChI is InChI=1S/C17H29N3/c1-20(15-10-16-8-12-18-13-9-16)14-5-3-2-4-11-19-17-6-7-17/h8-9,12-13,17,19H,2-7,10-11,14-15H2,1H3. The zero-order chi connectivity index (χ0) is 14.0. The van der Waals surface area contributed by atoms with Gasteiger partial charge in [-0.05, 0) is 69.9 Å². The number of likely N-dealkylation sites (N-methyl/N-ethyl adjacent to an activating group) is 1. The minimum atomic E-state index is 0.870. The first kappa shape index (κ1) is 15.5. The van der Waals surface area contributed by atoms with Crippen molar-refractivity contribution in [2.45, 2.75) is 51.0 Å². The molecular weight excluding hydrogens is 246 g/mol. The highest BCUT2D eigenvalue weighted by Gasteiger charge is 2.19. The Morgan fingerprint density at radius 2 is 1.85 bits per heavy atom. The van der Waals surface area contributed by atoms with E-state index in [-0.39, 0.29) is 0 Å². The maximum Gasteiger partial charge on any atom is 0.0270 e. The van der Waals surface area contributed by atoms with Crippen LogP contribution in [0.5, 0.6) is 0 Å². The Bertz CT molecular complexity index is 349. The number of hydrogen-bond acceptors (Lipinski definition) is 3. The lowest BCUT2D eigenvalue weighted by Crippen LogP contribution is -2.22. The third kappa shape index (κ3) is 7.01. The molecule has 3 heteroatoms. The highest BCUT2D eigenvalue weighted by atomic mass is 15.1. The lowest BCUT2D eigenvalue weighted by Gasteiger charge is -2.16. The van der Waals surface area contributed by atoms with Crippen molar-refractivity contribution in [2.75, 3.05) is 26.7 Å². The van der Waals surface area contributed by atoms with Gasteiger partial charge >= 0.3 is 0 Å². The van der Waals surface area contributed by atoms with Crippen LogP contribution in [0.15, 0.2) is 24.5 Å². The summed E-state index contributed by atoms with van der Waals surface area (Å²) in [7, 11) is 2.23. The summed E-state index contributed by atoms with van der Waals surface area (Å²) < 4.78 is 0. The van der Waals surface area contributed by atoms with E-state index in [0.717, 1.165) is 19.0 Å². The lowest BCUT2D eigenvalue weighted by atomic mass is 10.1. The molecule has 2 rings (SSSR count). The molecule has 20 heavy (non-hydrogen) atoms. The molecule has 0 unspecified atom stereocenters. The molecule has 0 amide bonds. The van der Waals surface area contributed by atoms with Crippen LogP contribution in [0.2, 0.25) is 0 Å². The van der Waals surface area contributed by atoms with Gasteiger partial charge in [-0.3, -0.25) is 4.98 Å². The van der Waals surface area contributed by atoms with Gasteiger partial charge in [-0.2, -0.15) is 0 Å². The molecule has 1 aliphatic carbocycles. The van der Waals surface area contributed by atoms with E-state index >= 15 is 0 Å². The van der Waals surface area contributed by atoms with E-state index in [4.69, 9.17) is 0 Å². The number of rotatable bonds is 11. The number of unbranched alkanes of at least 4 members (excludes halogenated alkanes) is 3. The predicted molar refractivity (Wildman–Crippen MR) is 84.9 cm³/mol. The average molecular weight is 275 g/mol. The maximum atomic E-state index is 4.05. The quantitative estimate of drug-likeness (QED) is 0.629. The number of pyridine rings is 1. The second-order valence-corrected chi connectivity index (χ2v) is 6.05. The molecule has 1 aromatic rings. The smallest absolute Gasteiger partial charge is 0.0270 e. The van der Waals surface area contributed by atoms with E-state index in [9.17, 15) is 0 Å². The Labute approximate surface area is 123 Å².